The lowest BCUT2D eigenvalue weighted by Crippen LogP contribution is -2.69. The van der Waals surface area contributed by atoms with Gasteiger partial charge in [0.15, 0.2) is 0 Å². The molecule has 2 saturated heterocycles. The molecule has 1 aromatic rings. The number of carboxylic acid groups (broad SMARTS) is 1. The van der Waals surface area contributed by atoms with Gasteiger partial charge >= 0.3 is 5.97 Å². The average Bonchev–Trinajstić information content (AvgIpc) is 3.53. The summed E-state index contributed by atoms with van der Waals surface area (Å²) in [7, 11) is 0. The second-order valence-corrected chi connectivity index (χ2v) is 20.4. The van der Waals surface area contributed by atoms with Gasteiger partial charge in [0.1, 0.15) is 6.04 Å². The standard InChI is InChI=1S/C42H70N6O4/c1-26(2)28(5)37(6)18-19-39(8)29-14-15-32-38(7)23-51-25-42(32,30(29)16-17-40(39,9)33(37)35(49)50)22-31(48-45-36(43)44-46-48)34(38)52-24-41(10,27(3)4)47-20-12-11-13-21-47/h16,26-29,31-34H,11-15,17-25H2,1-10H3,(H2,43,45)(H,49,50)/t28-,29+,31-,32+,33-,34+,37-,38+,39-,40+,41-,42+/m1/s1. The van der Waals surface area contributed by atoms with Gasteiger partial charge in [0.2, 0.25) is 0 Å². The smallest absolute Gasteiger partial charge is 0.307 e. The SMILES string of the molecule is CC(C)[C@@H](C)[C@@]1(C)CC[C@]2(C)[C@H]3CC[C@@H]4[C@@]5(COC[C@]4(C)[C@@H](OC[C@](C)(C(C)C)N4CCCCC4)[C@H](n4nnc(N)n4)C5)C3=CC[C@@]2(C)[C@@H]1C(=O)O. The highest BCUT2D eigenvalue weighted by Gasteiger charge is 2.72. The predicted molar refractivity (Wildman–Crippen MR) is 203 cm³/mol. The summed E-state index contributed by atoms with van der Waals surface area (Å²) in [5, 5.41) is 24.5. The molecule has 2 bridgehead atoms. The summed E-state index contributed by atoms with van der Waals surface area (Å²) in [4.78, 5) is 18.0. The Hall–Kier alpha value is -2.04. The number of carboxylic acids is 1. The van der Waals surface area contributed by atoms with E-state index >= 15 is 0 Å². The van der Waals surface area contributed by atoms with E-state index in [0.29, 0.717) is 49.4 Å². The molecule has 4 aliphatic carbocycles. The second-order valence-electron chi connectivity index (χ2n) is 20.4. The van der Waals surface area contributed by atoms with Gasteiger partial charge in [0, 0.05) is 16.4 Å². The second kappa shape index (κ2) is 13.0. The Morgan fingerprint density at radius 3 is 2.38 bits per heavy atom. The molecule has 3 N–H and O–H groups in total. The van der Waals surface area contributed by atoms with Gasteiger partial charge in [-0.2, -0.15) is 4.80 Å². The number of hydrogen-bond donors (Lipinski definition) is 2. The lowest BCUT2D eigenvalue weighted by Gasteiger charge is -2.71. The number of ether oxygens (including phenoxy) is 2. The van der Waals surface area contributed by atoms with Crippen molar-refractivity contribution in [2.45, 2.75) is 145 Å². The molecule has 12 atom stereocenters. The zero-order valence-electron chi connectivity index (χ0n) is 34.1. The van der Waals surface area contributed by atoms with Gasteiger partial charge < -0.3 is 20.3 Å². The van der Waals surface area contributed by atoms with Crippen LogP contribution in [0.4, 0.5) is 5.95 Å². The average molecular weight is 723 g/mol. The number of nitrogens with two attached hydrogens (primary N) is 1. The third kappa shape index (κ3) is 5.32. The highest BCUT2D eigenvalue weighted by atomic mass is 16.5. The minimum Gasteiger partial charge on any atom is -0.481 e. The van der Waals surface area contributed by atoms with E-state index in [4.69, 9.17) is 15.2 Å². The van der Waals surface area contributed by atoms with Crippen molar-refractivity contribution < 1.29 is 19.4 Å². The molecule has 292 valence electrons. The molecule has 0 aromatic carbocycles. The highest BCUT2D eigenvalue weighted by Crippen LogP contribution is 2.75. The van der Waals surface area contributed by atoms with Crippen LogP contribution in [0.25, 0.3) is 0 Å². The van der Waals surface area contributed by atoms with Crippen LogP contribution in [0.5, 0.6) is 0 Å². The predicted octanol–water partition coefficient (Wildman–Crippen LogP) is 7.67. The molecule has 1 aromatic heterocycles. The van der Waals surface area contributed by atoms with Crippen LogP contribution in [0, 0.1) is 62.6 Å². The number of anilines is 1. The van der Waals surface area contributed by atoms with Crippen LogP contribution >= 0.6 is 0 Å². The van der Waals surface area contributed by atoms with Crippen LogP contribution in [0.2, 0.25) is 0 Å². The molecule has 0 amide bonds. The van der Waals surface area contributed by atoms with Gasteiger partial charge in [0.05, 0.1) is 31.8 Å². The zero-order chi connectivity index (χ0) is 37.6. The fourth-order valence-electron chi connectivity index (χ4n) is 13.8. The van der Waals surface area contributed by atoms with Gasteiger partial charge in [-0.15, -0.1) is 5.10 Å². The Kier molecular flexibility index (Phi) is 9.58. The summed E-state index contributed by atoms with van der Waals surface area (Å²) in [6.07, 6.45) is 11.8. The van der Waals surface area contributed by atoms with Crippen LogP contribution in [0.3, 0.4) is 0 Å². The Balaban J connectivity index is 1.29. The quantitative estimate of drug-likeness (QED) is 0.247. The number of allylic oxidation sites excluding steroid dienone is 1. The first-order chi connectivity index (χ1) is 24.4. The summed E-state index contributed by atoms with van der Waals surface area (Å²) >= 11 is 0. The summed E-state index contributed by atoms with van der Waals surface area (Å²) in [5.74, 6) is 0.989. The Morgan fingerprint density at radius 2 is 1.77 bits per heavy atom. The third-order valence-corrected chi connectivity index (χ3v) is 17.7. The van der Waals surface area contributed by atoms with Gasteiger partial charge in [0.25, 0.3) is 5.95 Å². The topological polar surface area (TPSA) is 129 Å². The van der Waals surface area contributed by atoms with Crippen LogP contribution in [0.15, 0.2) is 11.6 Å². The number of nitrogen functional groups attached to an aromatic ring is 1. The van der Waals surface area contributed by atoms with Gasteiger partial charge in [-0.1, -0.05) is 85.5 Å². The number of carbonyl (C=O) groups is 1. The molecule has 3 saturated carbocycles. The first-order valence-electron chi connectivity index (χ1n) is 20.8. The van der Waals surface area contributed by atoms with Crippen molar-refractivity contribution in [3.63, 3.8) is 0 Å². The molecule has 0 radical (unpaired) electrons. The summed E-state index contributed by atoms with van der Waals surface area (Å²) in [6, 6.07) is -0.151. The molecule has 10 heteroatoms. The van der Waals surface area contributed by atoms with Gasteiger partial charge in [-0.05, 0) is 122 Å². The molecule has 52 heavy (non-hydrogen) atoms. The van der Waals surface area contributed by atoms with E-state index in [2.05, 4.69) is 95.6 Å². The number of hydrogen-bond acceptors (Lipinski definition) is 8. The minimum absolute atomic E-state index is 0.0912. The first-order valence-corrected chi connectivity index (χ1v) is 20.8. The number of fused-ring (bicyclic) bond motifs is 3. The van der Waals surface area contributed by atoms with Crippen molar-refractivity contribution in [1.29, 1.82) is 0 Å². The third-order valence-electron chi connectivity index (χ3n) is 17.7. The van der Waals surface area contributed by atoms with Crippen molar-refractivity contribution in [3.05, 3.63) is 11.6 Å². The number of tetrazole rings is 1. The van der Waals surface area contributed by atoms with Crippen LogP contribution in [0.1, 0.15) is 133 Å². The van der Waals surface area contributed by atoms with Crippen molar-refractivity contribution in [2.24, 2.45) is 62.6 Å². The Morgan fingerprint density at radius 1 is 1.06 bits per heavy atom. The summed E-state index contributed by atoms with van der Waals surface area (Å²) < 4.78 is 14.2. The normalized spacial score (nSPS) is 43.9. The van der Waals surface area contributed by atoms with E-state index in [1.165, 1.54) is 24.8 Å². The van der Waals surface area contributed by atoms with Crippen LogP contribution < -0.4 is 5.73 Å². The van der Waals surface area contributed by atoms with E-state index in [1.807, 2.05) is 0 Å². The molecule has 3 heterocycles. The summed E-state index contributed by atoms with van der Waals surface area (Å²) in [5.41, 5.74) is 6.32. The largest absolute Gasteiger partial charge is 0.481 e. The molecule has 2 aliphatic heterocycles. The highest BCUT2D eigenvalue weighted by molar-refractivity contribution is 5.73. The molecule has 5 fully saturated rings. The number of aliphatic carboxylic acids is 1. The fraction of sp³-hybridized carbons (Fsp3) is 0.905. The number of rotatable bonds is 9. The van der Waals surface area contributed by atoms with E-state index in [1.54, 1.807) is 4.80 Å². The maximum atomic E-state index is 13.5. The first kappa shape index (κ1) is 38.2. The lowest BCUT2D eigenvalue weighted by atomic mass is 9.34. The van der Waals surface area contributed by atoms with Crippen LogP contribution in [-0.2, 0) is 14.3 Å². The van der Waals surface area contributed by atoms with Crippen molar-refractivity contribution in [1.82, 2.24) is 25.1 Å². The maximum Gasteiger partial charge on any atom is 0.307 e. The van der Waals surface area contributed by atoms with E-state index in [9.17, 15) is 9.90 Å². The molecule has 0 unspecified atom stereocenters. The number of likely N-dealkylation sites (tertiary alicyclic amines) is 1. The van der Waals surface area contributed by atoms with Crippen LogP contribution in [-0.4, -0.2) is 80.7 Å². The van der Waals surface area contributed by atoms with E-state index < -0.39 is 11.9 Å². The molecule has 7 rings (SSSR count). The molecular formula is C42H70N6O4. The van der Waals surface area contributed by atoms with Crippen molar-refractivity contribution >= 4 is 11.9 Å². The molecule has 0 spiro atoms. The molecule has 10 nitrogen and oxygen atoms in total. The monoisotopic (exact) mass is 723 g/mol. The summed E-state index contributed by atoms with van der Waals surface area (Å²) in [6.45, 7) is 27.5. The van der Waals surface area contributed by atoms with Gasteiger partial charge in [-0.25, -0.2) is 0 Å². The Labute approximate surface area is 313 Å². The van der Waals surface area contributed by atoms with Crippen molar-refractivity contribution in [3.8, 4) is 0 Å². The Bertz CT molecular complexity index is 1540. The van der Waals surface area contributed by atoms with E-state index in [0.717, 1.165) is 51.6 Å². The lowest BCUT2D eigenvalue weighted by molar-refractivity contribution is -0.256. The molecule has 6 aliphatic rings. The molecular weight excluding hydrogens is 653 g/mol. The van der Waals surface area contributed by atoms with E-state index in [-0.39, 0.29) is 50.7 Å². The maximum absolute atomic E-state index is 13.5. The number of aromatic nitrogens is 4. The fourth-order valence-corrected chi connectivity index (χ4v) is 13.8. The number of nitrogens with zero attached hydrogens (tertiary/aromatic N) is 5. The van der Waals surface area contributed by atoms with Gasteiger partial charge in [-0.3, -0.25) is 9.69 Å². The zero-order valence-corrected chi connectivity index (χ0v) is 34.1. The minimum atomic E-state index is -0.619. The van der Waals surface area contributed by atoms with Crippen molar-refractivity contribution in [2.75, 3.05) is 38.6 Å². The number of piperidine rings is 1.